The van der Waals surface area contributed by atoms with Gasteiger partial charge in [0.25, 0.3) is 0 Å². The molecule has 1 saturated carbocycles. The lowest BCUT2D eigenvalue weighted by atomic mass is 10.1. The SMILES string of the molecule is COCOCCCS(=O)(=O)N[C@H](C)c1cccc(OC2CC2)c1. The molecule has 0 unspecified atom stereocenters. The number of nitrogens with one attached hydrogen (secondary N) is 1. The van der Waals surface area contributed by atoms with Crippen LogP contribution in [0.4, 0.5) is 0 Å². The van der Waals surface area contributed by atoms with Crippen molar-refractivity contribution in [2.24, 2.45) is 0 Å². The van der Waals surface area contributed by atoms with Crippen LogP contribution in [-0.4, -0.2) is 40.8 Å². The van der Waals surface area contributed by atoms with Gasteiger partial charge in [0.05, 0.1) is 18.5 Å². The third-order valence-corrected chi connectivity index (χ3v) is 4.98. The average Bonchev–Trinajstić information content (AvgIpc) is 3.31. The van der Waals surface area contributed by atoms with Crippen LogP contribution < -0.4 is 9.46 Å². The standard InChI is InChI=1S/C16H25NO5S/c1-13(17-23(18,19)10-4-9-21-12-20-2)14-5-3-6-16(11-14)22-15-7-8-15/h3,5-6,11,13,15,17H,4,7-10,12H2,1-2H3/t13-/m1/s1. The highest BCUT2D eigenvalue weighted by atomic mass is 32.2. The van der Waals surface area contributed by atoms with Crippen molar-refractivity contribution in [3.05, 3.63) is 29.8 Å². The van der Waals surface area contributed by atoms with Gasteiger partial charge in [0.2, 0.25) is 10.0 Å². The molecule has 7 heteroatoms. The number of sulfonamides is 1. The molecule has 0 spiro atoms. The highest BCUT2D eigenvalue weighted by Gasteiger charge is 2.24. The van der Waals surface area contributed by atoms with Crippen molar-refractivity contribution in [3.63, 3.8) is 0 Å². The summed E-state index contributed by atoms with van der Waals surface area (Å²) in [7, 11) is -1.82. The number of benzene rings is 1. The molecule has 0 aromatic heterocycles. The molecule has 1 aromatic carbocycles. The Morgan fingerprint density at radius 3 is 2.83 bits per heavy atom. The van der Waals surface area contributed by atoms with E-state index in [0.29, 0.717) is 19.1 Å². The molecule has 1 atom stereocenters. The predicted molar refractivity (Wildman–Crippen MR) is 87.9 cm³/mol. The Labute approximate surface area is 138 Å². The van der Waals surface area contributed by atoms with E-state index in [0.717, 1.165) is 24.2 Å². The molecule has 1 aromatic rings. The molecule has 0 radical (unpaired) electrons. The first kappa shape index (κ1) is 18.2. The van der Waals surface area contributed by atoms with Crippen LogP contribution in [0.3, 0.4) is 0 Å². The summed E-state index contributed by atoms with van der Waals surface area (Å²) < 4.78 is 42.4. The summed E-state index contributed by atoms with van der Waals surface area (Å²) in [5.41, 5.74) is 0.891. The van der Waals surface area contributed by atoms with Crippen LogP contribution in [0.2, 0.25) is 0 Å². The molecule has 1 N–H and O–H groups in total. The van der Waals surface area contributed by atoms with Crippen molar-refractivity contribution in [3.8, 4) is 5.75 Å². The van der Waals surface area contributed by atoms with E-state index in [-0.39, 0.29) is 18.6 Å². The smallest absolute Gasteiger partial charge is 0.212 e. The normalized spacial score (nSPS) is 16.3. The van der Waals surface area contributed by atoms with E-state index >= 15 is 0 Å². The van der Waals surface area contributed by atoms with Crippen LogP contribution in [0, 0.1) is 0 Å². The number of methoxy groups -OCH3 is 1. The predicted octanol–water partition coefficient (Wildman–Crippen LogP) is 2.22. The summed E-state index contributed by atoms with van der Waals surface area (Å²) in [4.78, 5) is 0. The Bertz CT molecular complexity index is 586. The monoisotopic (exact) mass is 343 g/mol. The highest BCUT2D eigenvalue weighted by Crippen LogP contribution is 2.28. The summed E-state index contributed by atoms with van der Waals surface area (Å²) in [6.07, 6.45) is 2.94. The molecule has 0 saturated heterocycles. The summed E-state index contributed by atoms with van der Waals surface area (Å²) in [5, 5.41) is 0. The maximum Gasteiger partial charge on any atom is 0.212 e. The van der Waals surface area contributed by atoms with E-state index in [2.05, 4.69) is 4.72 Å². The minimum absolute atomic E-state index is 0.0271. The zero-order chi connectivity index (χ0) is 16.7. The third kappa shape index (κ3) is 6.87. The molecule has 0 bridgehead atoms. The van der Waals surface area contributed by atoms with Crippen molar-refractivity contribution >= 4 is 10.0 Å². The molecule has 1 aliphatic carbocycles. The fourth-order valence-corrected chi connectivity index (χ4v) is 3.42. The summed E-state index contributed by atoms with van der Waals surface area (Å²) in [5.74, 6) is 0.822. The fraction of sp³-hybridized carbons (Fsp3) is 0.625. The van der Waals surface area contributed by atoms with Gasteiger partial charge in [-0.1, -0.05) is 12.1 Å². The first-order valence-electron chi connectivity index (χ1n) is 7.83. The summed E-state index contributed by atoms with van der Waals surface area (Å²) in [6, 6.07) is 7.27. The lowest BCUT2D eigenvalue weighted by Gasteiger charge is -2.16. The Morgan fingerprint density at radius 1 is 1.35 bits per heavy atom. The van der Waals surface area contributed by atoms with E-state index in [1.54, 1.807) is 0 Å². The van der Waals surface area contributed by atoms with Gasteiger partial charge < -0.3 is 14.2 Å². The van der Waals surface area contributed by atoms with Gasteiger partial charge >= 0.3 is 0 Å². The third-order valence-electron chi connectivity index (χ3n) is 3.44. The second-order valence-electron chi connectivity index (χ2n) is 5.72. The number of rotatable bonds is 11. The highest BCUT2D eigenvalue weighted by molar-refractivity contribution is 7.89. The van der Waals surface area contributed by atoms with Gasteiger partial charge in [0.1, 0.15) is 12.5 Å². The van der Waals surface area contributed by atoms with Crippen LogP contribution in [0.25, 0.3) is 0 Å². The van der Waals surface area contributed by atoms with Gasteiger partial charge in [0.15, 0.2) is 0 Å². The molecule has 1 aliphatic rings. The minimum atomic E-state index is -3.35. The van der Waals surface area contributed by atoms with E-state index in [1.165, 1.54) is 7.11 Å². The number of ether oxygens (including phenoxy) is 3. The van der Waals surface area contributed by atoms with Crippen LogP contribution in [-0.2, 0) is 19.5 Å². The fourth-order valence-electron chi connectivity index (χ4n) is 2.13. The Balaban J connectivity index is 1.83. The minimum Gasteiger partial charge on any atom is -0.490 e. The van der Waals surface area contributed by atoms with E-state index < -0.39 is 10.0 Å². The first-order chi connectivity index (χ1) is 11.0. The molecule has 2 rings (SSSR count). The molecule has 23 heavy (non-hydrogen) atoms. The van der Waals surface area contributed by atoms with Crippen LogP contribution in [0.15, 0.2) is 24.3 Å². The molecule has 0 heterocycles. The Kier molecular flexibility index (Phi) is 6.83. The molecular weight excluding hydrogens is 318 g/mol. The molecular formula is C16H25NO5S. The quantitative estimate of drug-likeness (QED) is 0.493. The van der Waals surface area contributed by atoms with Crippen molar-refractivity contribution in [1.29, 1.82) is 0 Å². The van der Waals surface area contributed by atoms with Gasteiger partial charge in [-0.2, -0.15) is 0 Å². The van der Waals surface area contributed by atoms with Crippen molar-refractivity contribution in [2.45, 2.75) is 38.3 Å². The number of hydrogen-bond acceptors (Lipinski definition) is 5. The van der Waals surface area contributed by atoms with Gasteiger partial charge in [-0.3, -0.25) is 0 Å². The lowest BCUT2D eigenvalue weighted by Crippen LogP contribution is -2.29. The van der Waals surface area contributed by atoms with E-state index in [1.807, 2.05) is 31.2 Å². The van der Waals surface area contributed by atoms with Gasteiger partial charge in [-0.25, -0.2) is 13.1 Å². The largest absolute Gasteiger partial charge is 0.490 e. The molecule has 0 aliphatic heterocycles. The van der Waals surface area contributed by atoms with Gasteiger partial charge in [-0.05, 0) is 43.9 Å². The summed E-state index contributed by atoms with van der Waals surface area (Å²) >= 11 is 0. The molecule has 6 nitrogen and oxygen atoms in total. The molecule has 0 amide bonds. The number of hydrogen-bond donors (Lipinski definition) is 1. The van der Waals surface area contributed by atoms with Crippen LogP contribution >= 0.6 is 0 Å². The topological polar surface area (TPSA) is 73.9 Å². The lowest BCUT2D eigenvalue weighted by molar-refractivity contribution is -0.0298. The first-order valence-corrected chi connectivity index (χ1v) is 9.49. The molecule has 130 valence electrons. The van der Waals surface area contributed by atoms with Crippen molar-refractivity contribution < 1.29 is 22.6 Å². The average molecular weight is 343 g/mol. The van der Waals surface area contributed by atoms with Crippen LogP contribution in [0.5, 0.6) is 5.75 Å². The summed E-state index contributed by atoms with van der Waals surface area (Å²) in [6.45, 7) is 2.36. The second kappa shape index (κ2) is 8.63. The second-order valence-corrected chi connectivity index (χ2v) is 7.59. The van der Waals surface area contributed by atoms with Crippen molar-refractivity contribution in [1.82, 2.24) is 4.72 Å². The Hall–Kier alpha value is -1.15. The van der Waals surface area contributed by atoms with Gasteiger partial charge in [-0.15, -0.1) is 0 Å². The molecule has 1 fully saturated rings. The zero-order valence-electron chi connectivity index (χ0n) is 13.7. The van der Waals surface area contributed by atoms with E-state index in [4.69, 9.17) is 14.2 Å². The van der Waals surface area contributed by atoms with Crippen LogP contribution in [0.1, 0.15) is 37.8 Å². The van der Waals surface area contributed by atoms with Crippen molar-refractivity contribution in [2.75, 3.05) is 26.3 Å². The maximum atomic E-state index is 12.1. The van der Waals surface area contributed by atoms with E-state index in [9.17, 15) is 8.42 Å². The van der Waals surface area contributed by atoms with Gasteiger partial charge in [0, 0.05) is 13.2 Å². The zero-order valence-corrected chi connectivity index (χ0v) is 14.5. The Morgan fingerprint density at radius 2 is 2.13 bits per heavy atom. The maximum absolute atomic E-state index is 12.1.